The summed E-state index contributed by atoms with van der Waals surface area (Å²) < 4.78 is 19.3. The molecule has 0 aromatic carbocycles. The van der Waals surface area contributed by atoms with Gasteiger partial charge < -0.3 is 9.64 Å². The van der Waals surface area contributed by atoms with Crippen LogP contribution in [0.2, 0.25) is 0 Å². The molecule has 0 N–H and O–H groups in total. The molecule has 0 saturated carbocycles. The molecule has 6 nitrogen and oxygen atoms in total. The van der Waals surface area contributed by atoms with Crippen LogP contribution in [0.4, 0.5) is 4.39 Å². The number of likely N-dealkylation sites (tertiary alicyclic amines) is 1. The number of amides is 1. The maximum absolute atomic E-state index is 14.0. The molecule has 1 aromatic rings. The number of halogens is 1. The first kappa shape index (κ1) is 18.7. The summed E-state index contributed by atoms with van der Waals surface area (Å²) in [6.07, 6.45) is -0.271. The Balaban J connectivity index is 1.51. The van der Waals surface area contributed by atoms with Crippen LogP contribution >= 0.6 is 11.3 Å². The number of aromatic nitrogens is 1. The summed E-state index contributed by atoms with van der Waals surface area (Å²) in [5, 5.41) is 3.08. The topological polar surface area (TPSA) is 48.9 Å². The molecular weight excluding hydrogens is 343 g/mol. The van der Waals surface area contributed by atoms with Crippen molar-refractivity contribution in [1.82, 2.24) is 19.7 Å². The highest BCUT2D eigenvalue weighted by molar-refractivity contribution is 7.09. The predicted octanol–water partition coefficient (Wildman–Crippen LogP) is 1.15. The number of rotatable bonds is 6. The summed E-state index contributed by atoms with van der Waals surface area (Å²) >= 11 is 1.63. The Bertz CT molecular complexity index is 579. The number of thiazole rings is 1. The van der Waals surface area contributed by atoms with E-state index in [4.69, 9.17) is 4.74 Å². The van der Waals surface area contributed by atoms with Gasteiger partial charge in [-0.15, -0.1) is 11.3 Å². The van der Waals surface area contributed by atoms with Crippen molar-refractivity contribution in [2.45, 2.75) is 32.1 Å². The minimum atomic E-state index is -0.798. The molecule has 140 valence electrons. The van der Waals surface area contributed by atoms with Crippen molar-refractivity contribution in [3.8, 4) is 0 Å². The summed E-state index contributed by atoms with van der Waals surface area (Å²) in [5.74, 6) is 0.127. The lowest BCUT2D eigenvalue weighted by atomic mass is 10.2. The minimum absolute atomic E-state index is 0.125. The summed E-state index contributed by atoms with van der Waals surface area (Å²) in [6, 6.07) is 0.125. The second-order valence-electron chi connectivity index (χ2n) is 6.96. The van der Waals surface area contributed by atoms with Crippen molar-refractivity contribution < 1.29 is 13.9 Å². The van der Waals surface area contributed by atoms with Crippen molar-refractivity contribution >= 4 is 17.2 Å². The van der Waals surface area contributed by atoms with Gasteiger partial charge in [0.05, 0.1) is 30.5 Å². The number of aryl methyl sites for hydroxylation is 1. The van der Waals surface area contributed by atoms with Crippen LogP contribution in [-0.2, 0) is 16.1 Å². The number of ether oxygens (including phenoxy) is 1. The fourth-order valence-electron chi connectivity index (χ4n) is 3.56. The zero-order valence-corrected chi connectivity index (χ0v) is 15.8. The number of morpholine rings is 1. The van der Waals surface area contributed by atoms with E-state index in [2.05, 4.69) is 9.88 Å². The molecule has 0 radical (unpaired) electrons. The summed E-state index contributed by atoms with van der Waals surface area (Å²) in [6.45, 7) is 6.74. The van der Waals surface area contributed by atoms with Crippen molar-refractivity contribution in [1.29, 1.82) is 0 Å². The maximum atomic E-state index is 14.0. The average molecular weight is 370 g/mol. The van der Waals surface area contributed by atoms with Crippen LogP contribution in [0, 0.1) is 6.92 Å². The molecule has 1 aromatic heterocycles. The lowest BCUT2D eigenvalue weighted by molar-refractivity contribution is -0.136. The van der Waals surface area contributed by atoms with E-state index in [0.29, 0.717) is 58.9 Å². The SMILES string of the molecule is Cc1nc(CN2C[C@@H](F)C[C@H]2CN(C)CC(=O)N2CCOCC2)cs1. The van der Waals surface area contributed by atoms with Gasteiger partial charge in [-0.25, -0.2) is 9.37 Å². The number of hydrogen-bond acceptors (Lipinski definition) is 6. The Morgan fingerprint density at radius 3 is 2.92 bits per heavy atom. The number of carbonyl (C=O) groups is 1. The van der Waals surface area contributed by atoms with E-state index in [1.54, 1.807) is 11.3 Å². The Hall–Kier alpha value is -1.09. The first-order chi connectivity index (χ1) is 12.0. The van der Waals surface area contributed by atoms with Gasteiger partial charge in [-0.1, -0.05) is 0 Å². The average Bonchev–Trinajstić information content (AvgIpc) is 3.14. The van der Waals surface area contributed by atoms with Gasteiger partial charge in [-0.3, -0.25) is 14.6 Å². The first-order valence-electron chi connectivity index (χ1n) is 8.84. The highest BCUT2D eigenvalue weighted by Crippen LogP contribution is 2.24. The number of likely N-dealkylation sites (N-methyl/N-ethyl adjacent to an activating group) is 1. The molecular formula is C17H27FN4O2S. The van der Waals surface area contributed by atoms with Gasteiger partial charge in [0.1, 0.15) is 6.17 Å². The van der Waals surface area contributed by atoms with E-state index in [1.165, 1.54) is 0 Å². The number of carbonyl (C=O) groups excluding carboxylic acids is 1. The van der Waals surface area contributed by atoms with Gasteiger partial charge in [0.15, 0.2) is 0 Å². The van der Waals surface area contributed by atoms with Gasteiger partial charge in [0.25, 0.3) is 0 Å². The predicted molar refractivity (Wildman–Crippen MR) is 95.5 cm³/mol. The maximum Gasteiger partial charge on any atom is 0.236 e. The Labute approximate surface area is 152 Å². The molecule has 3 rings (SSSR count). The standard InChI is InChI=1S/C17H27FN4O2S/c1-13-19-15(12-25-13)9-22-8-14(18)7-16(22)10-20(2)11-17(23)21-3-5-24-6-4-21/h12,14,16H,3-11H2,1-2H3/t14-,16-/m0/s1. The highest BCUT2D eigenvalue weighted by atomic mass is 32.1. The van der Waals surface area contributed by atoms with E-state index in [1.807, 2.05) is 29.2 Å². The van der Waals surface area contributed by atoms with E-state index < -0.39 is 6.17 Å². The van der Waals surface area contributed by atoms with Gasteiger partial charge in [0, 0.05) is 44.1 Å². The van der Waals surface area contributed by atoms with Crippen LogP contribution in [0.3, 0.4) is 0 Å². The van der Waals surface area contributed by atoms with Crippen molar-refractivity contribution in [2.75, 3.05) is 53.0 Å². The zero-order valence-electron chi connectivity index (χ0n) is 15.0. The van der Waals surface area contributed by atoms with Gasteiger partial charge in [-0.05, 0) is 20.4 Å². The van der Waals surface area contributed by atoms with Crippen LogP contribution in [0.5, 0.6) is 0 Å². The molecule has 25 heavy (non-hydrogen) atoms. The normalized spacial score (nSPS) is 25.0. The molecule has 0 spiro atoms. The quantitative estimate of drug-likeness (QED) is 0.752. The van der Waals surface area contributed by atoms with Gasteiger partial charge in [0.2, 0.25) is 5.91 Å². The third-order valence-corrected chi connectivity index (χ3v) is 5.62. The number of hydrogen-bond donors (Lipinski definition) is 0. The summed E-state index contributed by atoms with van der Waals surface area (Å²) in [4.78, 5) is 22.9. The molecule has 8 heteroatoms. The fraction of sp³-hybridized carbons (Fsp3) is 0.765. The van der Waals surface area contributed by atoms with Crippen molar-refractivity contribution in [3.63, 3.8) is 0 Å². The number of alkyl halides is 1. The molecule has 2 saturated heterocycles. The van der Waals surface area contributed by atoms with Crippen molar-refractivity contribution in [2.24, 2.45) is 0 Å². The Morgan fingerprint density at radius 2 is 2.24 bits per heavy atom. The smallest absolute Gasteiger partial charge is 0.236 e. The van der Waals surface area contributed by atoms with Gasteiger partial charge in [-0.2, -0.15) is 0 Å². The molecule has 2 aliphatic rings. The second kappa shape index (κ2) is 8.53. The first-order valence-corrected chi connectivity index (χ1v) is 9.72. The van der Waals surface area contributed by atoms with Crippen LogP contribution in [0.15, 0.2) is 5.38 Å². The largest absolute Gasteiger partial charge is 0.378 e. The van der Waals surface area contributed by atoms with Crippen LogP contribution < -0.4 is 0 Å². The molecule has 1 amide bonds. The molecule has 0 unspecified atom stereocenters. The summed E-state index contributed by atoms with van der Waals surface area (Å²) in [7, 11) is 1.94. The lowest BCUT2D eigenvalue weighted by Crippen LogP contribution is -2.47. The van der Waals surface area contributed by atoms with Crippen LogP contribution in [0.25, 0.3) is 0 Å². The molecule has 0 bridgehead atoms. The van der Waals surface area contributed by atoms with E-state index in [-0.39, 0.29) is 11.9 Å². The molecule has 2 aliphatic heterocycles. The van der Waals surface area contributed by atoms with Crippen LogP contribution in [-0.4, -0.2) is 90.8 Å². The Kier molecular flexibility index (Phi) is 6.38. The Morgan fingerprint density at radius 1 is 1.48 bits per heavy atom. The van der Waals surface area contributed by atoms with Gasteiger partial charge >= 0.3 is 0 Å². The van der Waals surface area contributed by atoms with Crippen molar-refractivity contribution in [3.05, 3.63) is 16.1 Å². The highest BCUT2D eigenvalue weighted by Gasteiger charge is 2.33. The third-order valence-electron chi connectivity index (χ3n) is 4.80. The second-order valence-corrected chi connectivity index (χ2v) is 8.03. The third kappa shape index (κ3) is 5.20. The van der Waals surface area contributed by atoms with Crippen LogP contribution in [0.1, 0.15) is 17.1 Å². The summed E-state index contributed by atoms with van der Waals surface area (Å²) in [5.41, 5.74) is 1.01. The zero-order chi connectivity index (χ0) is 17.8. The lowest BCUT2D eigenvalue weighted by Gasteiger charge is -2.31. The fourth-order valence-corrected chi connectivity index (χ4v) is 4.17. The minimum Gasteiger partial charge on any atom is -0.378 e. The number of nitrogens with zero attached hydrogens (tertiary/aromatic N) is 4. The van der Waals surface area contributed by atoms with E-state index in [0.717, 1.165) is 10.7 Å². The molecule has 3 heterocycles. The van der Waals surface area contributed by atoms with E-state index >= 15 is 0 Å². The monoisotopic (exact) mass is 370 g/mol. The molecule has 2 atom stereocenters. The molecule has 0 aliphatic carbocycles. The molecule has 2 fully saturated rings. The van der Waals surface area contributed by atoms with E-state index in [9.17, 15) is 9.18 Å².